The number of fused-ring (bicyclic) bond motifs is 1. The third kappa shape index (κ3) is 2.36. The van der Waals surface area contributed by atoms with Gasteiger partial charge >= 0.3 is 0 Å². The number of nitrogens with one attached hydrogen (secondary N) is 2. The SMILES string of the molecule is Cn1cc(CNC(=O)C2CCCN2)c2ccccc21. The van der Waals surface area contributed by atoms with Crippen LogP contribution >= 0.6 is 0 Å². The minimum atomic E-state index is -0.00465. The lowest BCUT2D eigenvalue weighted by atomic mass is 10.1. The number of benzene rings is 1. The van der Waals surface area contributed by atoms with Crippen molar-refractivity contribution in [2.24, 2.45) is 7.05 Å². The summed E-state index contributed by atoms with van der Waals surface area (Å²) in [5.74, 6) is 0.116. The molecule has 4 nitrogen and oxygen atoms in total. The van der Waals surface area contributed by atoms with Gasteiger partial charge in [-0.3, -0.25) is 4.79 Å². The molecule has 0 radical (unpaired) electrons. The number of hydrogen-bond acceptors (Lipinski definition) is 2. The Balaban J connectivity index is 1.73. The molecule has 19 heavy (non-hydrogen) atoms. The Hall–Kier alpha value is -1.81. The molecule has 2 heterocycles. The molecule has 0 spiro atoms. The van der Waals surface area contributed by atoms with E-state index in [0.717, 1.165) is 19.4 Å². The predicted molar refractivity (Wildman–Crippen MR) is 75.8 cm³/mol. The van der Waals surface area contributed by atoms with E-state index in [9.17, 15) is 4.79 Å². The van der Waals surface area contributed by atoms with Gasteiger partial charge < -0.3 is 15.2 Å². The average Bonchev–Trinajstić information content (AvgIpc) is 3.06. The molecule has 0 aliphatic carbocycles. The van der Waals surface area contributed by atoms with Crippen molar-refractivity contribution in [1.29, 1.82) is 0 Å². The number of aryl methyl sites for hydroxylation is 1. The molecule has 1 atom stereocenters. The molecule has 1 fully saturated rings. The Morgan fingerprint density at radius 3 is 3.11 bits per heavy atom. The summed E-state index contributed by atoms with van der Waals surface area (Å²) in [6, 6.07) is 8.26. The zero-order chi connectivity index (χ0) is 13.2. The fourth-order valence-corrected chi connectivity index (χ4v) is 2.78. The van der Waals surface area contributed by atoms with Crippen molar-refractivity contribution in [2.75, 3.05) is 6.54 Å². The minimum Gasteiger partial charge on any atom is -0.351 e. The summed E-state index contributed by atoms with van der Waals surface area (Å²) in [5, 5.41) is 7.46. The second kappa shape index (κ2) is 5.05. The molecule has 3 rings (SSSR count). The number of carbonyl (C=O) groups excluding carboxylic acids is 1. The molecule has 1 aromatic carbocycles. The second-order valence-corrected chi connectivity index (χ2v) is 5.15. The maximum atomic E-state index is 12.0. The first kappa shape index (κ1) is 12.2. The van der Waals surface area contributed by atoms with Crippen LogP contribution in [0.15, 0.2) is 30.5 Å². The van der Waals surface area contributed by atoms with Gasteiger partial charge in [0.15, 0.2) is 0 Å². The quantitative estimate of drug-likeness (QED) is 0.876. The second-order valence-electron chi connectivity index (χ2n) is 5.15. The molecule has 1 unspecified atom stereocenters. The standard InChI is InChI=1S/C15H19N3O/c1-18-10-11(12-5-2-3-7-14(12)18)9-17-15(19)13-6-4-8-16-13/h2-3,5,7,10,13,16H,4,6,8-9H2,1H3,(H,17,19). The zero-order valence-electron chi connectivity index (χ0n) is 11.1. The number of amides is 1. The third-order valence-electron chi connectivity index (χ3n) is 3.81. The number of nitrogens with zero attached hydrogens (tertiary/aromatic N) is 1. The smallest absolute Gasteiger partial charge is 0.237 e. The molecular weight excluding hydrogens is 238 g/mol. The van der Waals surface area contributed by atoms with Crippen LogP contribution in [0, 0.1) is 0 Å². The van der Waals surface area contributed by atoms with Gasteiger partial charge in [0, 0.05) is 30.7 Å². The van der Waals surface area contributed by atoms with Crippen molar-refractivity contribution in [1.82, 2.24) is 15.2 Å². The maximum Gasteiger partial charge on any atom is 0.237 e. The van der Waals surface area contributed by atoms with Crippen LogP contribution < -0.4 is 10.6 Å². The lowest BCUT2D eigenvalue weighted by molar-refractivity contribution is -0.122. The van der Waals surface area contributed by atoms with Gasteiger partial charge in [0.2, 0.25) is 5.91 Å². The fraction of sp³-hybridized carbons (Fsp3) is 0.400. The van der Waals surface area contributed by atoms with Gasteiger partial charge in [0.05, 0.1) is 6.04 Å². The molecule has 0 bridgehead atoms. The first-order valence-corrected chi connectivity index (χ1v) is 6.80. The van der Waals surface area contributed by atoms with Crippen molar-refractivity contribution in [3.63, 3.8) is 0 Å². The number of carbonyl (C=O) groups is 1. The molecule has 1 amide bonds. The predicted octanol–water partition coefficient (Wildman–Crippen LogP) is 1.55. The van der Waals surface area contributed by atoms with E-state index in [0.29, 0.717) is 6.54 Å². The molecule has 2 N–H and O–H groups in total. The molecule has 4 heteroatoms. The normalized spacial score (nSPS) is 18.9. The van der Waals surface area contributed by atoms with E-state index in [1.165, 1.54) is 16.5 Å². The first-order valence-electron chi connectivity index (χ1n) is 6.80. The van der Waals surface area contributed by atoms with Crippen molar-refractivity contribution < 1.29 is 4.79 Å². The van der Waals surface area contributed by atoms with Crippen LogP contribution in [0.5, 0.6) is 0 Å². The highest BCUT2D eigenvalue weighted by Gasteiger charge is 2.21. The van der Waals surface area contributed by atoms with Gasteiger partial charge in [-0.15, -0.1) is 0 Å². The van der Waals surface area contributed by atoms with E-state index in [1.54, 1.807) is 0 Å². The lowest BCUT2D eigenvalue weighted by Crippen LogP contribution is -2.39. The largest absolute Gasteiger partial charge is 0.351 e. The highest BCUT2D eigenvalue weighted by molar-refractivity contribution is 5.85. The molecule has 2 aromatic rings. The van der Waals surface area contributed by atoms with Gasteiger partial charge in [-0.1, -0.05) is 18.2 Å². The monoisotopic (exact) mass is 257 g/mol. The molecule has 0 saturated carbocycles. The summed E-state index contributed by atoms with van der Waals surface area (Å²) >= 11 is 0. The van der Waals surface area contributed by atoms with Crippen molar-refractivity contribution in [3.8, 4) is 0 Å². The zero-order valence-corrected chi connectivity index (χ0v) is 11.1. The van der Waals surface area contributed by atoms with Crippen LogP contribution in [0.1, 0.15) is 18.4 Å². The Labute approximate surface area is 112 Å². The molecule has 1 saturated heterocycles. The first-order chi connectivity index (χ1) is 9.25. The average molecular weight is 257 g/mol. The Kier molecular flexibility index (Phi) is 3.25. The van der Waals surface area contributed by atoms with Crippen LogP contribution in [0.2, 0.25) is 0 Å². The van der Waals surface area contributed by atoms with Crippen molar-refractivity contribution in [2.45, 2.75) is 25.4 Å². The molecule has 100 valence electrons. The number of aromatic nitrogens is 1. The Morgan fingerprint density at radius 1 is 1.47 bits per heavy atom. The van der Waals surface area contributed by atoms with Gasteiger partial charge in [-0.25, -0.2) is 0 Å². The Morgan fingerprint density at radius 2 is 2.32 bits per heavy atom. The summed E-state index contributed by atoms with van der Waals surface area (Å²) in [4.78, 5) is 12.0. The highest BCUT2D eigenvalue weighted by atomic mass is 16.2. The van der Waals surface area contributed by atoms with Crippen molar-refractivity contribution >= 4 is 16.8 Å². The maximum absolute atomic E-state index is 12.0. The summed E-state index contributed by atoms with van der Waals surface area (Å²) in [6.45, 7) is 1.55. The number of rotatable bonds is 3. The summed E-state index contributed by atoms with van der Waals surface area (Å²) < 4.78 is 2.10. The van der Waals surface area contributed by atoms with Crippen LogP contribution in [-0.2, 0) is 18.4 Å². The van der Waals surface area contributed by atoms with Crippen LogP contribution in [0.3, 0.4) is 0 Å². The van der Waals surface area contributed by atoms with Gasteiger partial charge in [-0.05, 0) is 31.0 Å². The third-order valence-corrected chi connectivity index (χ3v) is 3.81. The van der Waals surface area contributed by atoms with E-state index in [2.05, 4.69) is 33.5 Å². The van der Waals surface area contributed by atoms with Gasteiger partial charge in [0.1, 0.15) is 0 Å². The molecule has 1 aromatic heterocycles. The van der Waals surface area contributed by atoms with Crippen LogP contribution in [0.4, 0.5) is 0 Å². The van der Waals surface area contributed by atoms with E-state index in [-0.39, 0.29) is 11.9 Å². The minimum absolute atomic E-state index is 0.00465. The molecule has 1 aliphatic heterocycles. The van der Waals surface area contributed by atoms with Gasteiger partial charge in [0.25, 0.3) is 0 Å². The van der Waals surface area contributed by atoms with Crippen LogP contribution in [-0.4, -0.2) is 23.1 Å². The van der Waals surface area contributed by atoms with Crippen LogP contribution in [0.25, 0.3) is 10.9 Å². The fourth-order valence-electron chi connectivity index (χ4n) is 2.78. The van der Waals surface area contributed by atoms with E-state index in [4.69, 9.17) is 0 Å². The van der Waals surface area contributed by atoms with E-state index in [1.807, 2.05) is 19.2 Å². The van der Waals surface area contributed by atoms with Crippen molar-refractivity contribution in [3.05, 3.63) is 36.0 Å². The lowest BCUT2D eigenvalue weighted by Gasteiger charge is -2.10. The summed E-state index contributed by atoms with van der Waals surface area (Å²) in [5.41, 5.74) is 2.37. The van der Waals surface area contributed by atoms with E-state index >= 15 is 0 Å². The molecular formula is C15H19N3O. The van der Waals surface area contributed by atoms with Gasteiger partial charge in [-0.2, -0.15) is 0 Å². The number of hydrogen-bond donors (Lipinski definition) is 2. The number of para-hydroxylation sites is 1. The Bertz CT molecular complexity index is 596. The summed E-state index contributed by atoms with van der Waals surface area (Å²) in [6.07, 6.45) is 4.13. The van der Waals surface area contributed by atoms with E-state index < -0.39 is 0 Å². The molecule has 1 aliphatic rings. The summed E-state index contributed by atoms with van der Waals surface area (Å²) in [7, 11) is 2.03. The highest BCUT2D eigenvalue weighted by Crippen LogP contribution is 2.20. The topological polar surface area (TPSA) is 46.1 Å².